The van der Waals surface area contributed by atoms with Crippen molar-refractivity contribution in [3.63, 3.8) is 0 Å². The molecule has 0 saturated heterocycles. The van der Waals surface area contributed by atoms with Crippen LogP contribution in [0, 0.1) is 0 Å². The van der Waals surface area contributed by atoms with Gasteiger partial charge in [-0.05, 0) is 34.6 Å². The third-order valence-corrected chi connectivity index (χ3v) is 2.65. The highest BCUT2D eigenvalue weighted by atomic mass is 16.5. The van der Waals surface area contributed by atoms with Crippen molar-refractivity contribution in [1.29, 1.82) is 0 Å². The quantitative estimate of drug-likeness (QED) is 0.670. The summed E-state index contributed by atoms with van der Waals surface area (Å²) in [6, 6.07) is -0.645. The maximum atomic E-state index is 12.2. The van der Waals surface area contributed by atoms with Gasteiger partial charge in [0, 0.05) is 18.6 Å². The molecular weight excluding hydrogens is 262 g/mol. The summed E-state index contributed by atoms with van der Waals surface area (Å²) >= 11 is 0. The van der Waals surface area contributed by atoms with Crippen LogP contribution < -0.4 is 11.1 Å². The summed E-state index contributed by atoms with van der Waals surface area (Å²) < 4.78 is 5.05. The summed E-state index contributed by atoms with van der Waals surface area (Å²) in [6.07, 6.45) is -0.870. The molecular formula is C13H25N3O4. The smallest absolute Gasteiger partial charge is 0.312 e. The molecule has 0 aliphatic carbocycles. The van der Waals surface area contributed by atoms with Crippen LogP contribution in [0.15, 0.2) is 0 Å². The van der Waals surface area contributed by atoms with E-state index in [-0.39, 0.29) is 31.0 Å². The fourth-order valence-electron chi connectivity index (χ4n) is 1.91. The molecule has 0 rings (SSSR count). The van der Waals surface area contributed by atoms with E-state index in [0.717, 1.165) is 0 Å². The van der Waals surface area contributed by atoms with Gasteiger partial charge in [0.1, 0.15) is 0 Å². The fourth-order valence-corrected chi connectivity index (χ4v) is 1.91. The molecule has 0 bridgehead atoms. The normalized spacial score (nSPS) is 12.2. The Bertz CT molecular complexity index is 348. The number of amides is 3. The van der Waals surface area contributed by atoms with Crippen molar-refractivity contribution in [3.8, 4) is 0 Å². The van der Waals surface area contributed by atoms with Gasteiger partial charge < -0.3 is 20.7 Å². The van der Waals surface area contributed by atoms with Crippen LogP contribution in [-0.2, 0) is 14.3 Å². The topological polar surface area (TPSA) is 102 Å². The molecule has 0 fully saturated rings. The Kier molecular flexibility index (Phi) is 7.64. The number of nitrogens with two attached hydrogens (primary N) is 1. The number of urea groups is 1. The lowest BCUT2D eigenvalue weighted by Gasteiger charge is -2.32. The zero-order chi connectivity index (χ0) is 15.9. The van der Waals surface area contributed by atoms with Crippen LogP contribution in [-0.4, -0.2) is 47.5 Å². The summed E-state index contributed by atoms with van der Waals surface area (Å²) in [5.74, 6) is -0.779. The van der Waals surface area contributed by atoms with Crippen LogP contribution in [0.2, 0.25) is 0 Å². The monoisotopic (exact) mass is 287 g/mol. The maximum absolute atomic E-state index is 12.2. The molecule has 1 atom stereocenters. The van der Waals surface area contributed by atoms with E-state index in [1.807, 2.05) is 27.7 Å². The van der Waals surface area contributed by atoms with Gasteiger partial charge >= 0.3 is 12.0 Å². The molecule has 20 heavy (non-hydrogen) atoms. The summed E-state index contributed by atoms with van der Waals surface area (Å²) in [6.45, 7) is 9.26. The van der Waals surface area contributed by atoms with E-state index in [4.69, 9.17) is 10.5 Å². The number of esters is 1. The standard InChI is InChI=1S/C13H25N3O4/c1-8(2)16(9(3)4)12(18)10(5)20-11(17)6-7-15-13(14)19/h8-10H,6-7H2,1-5H3,(H3,14,15,19)/t10-/m1/s1. The van der Waals surface area contributed by atoms with E-state index in [2.05, 4.69) is 5.32 Å². The van der Waals surface area contributed by atoms with Crippen molar-refractivity contribution in [3.05, 3.63) is 0 Å². The van der Waals surface area contributed by atoms with Gasteiger partial charge in [-0.2, -0.15) is 0 Å². The zero-order valence-corrected chi connectivity index (χ0v) is 12.8. The number of nitrogens with zero attached hydrogens (tertiary/aromatic N) is 1. The van der Waals surface area contributed by atoms with Crippen molar-refractivity contribution in [1.82, 2.24) is 10.2 Å². The lowest BCUT2D eigenvalue weighted by atomic mass is 10.2. The lowest BCUT2D eigenvalue weighted by Crippen LogP contribution is -2.47. The highest BCUT2D eigenvalue weighted by Crippen LogP contribution is 2.10. The molecule has 0 radical (unpaired) electrons. The molecule has 116 valence electrons. The Hall–Kier alpha value is -1.79. The lowest BCUT2D eigenvalue weighted by molar-refractivity contribution is -0.160. The van der Waals surface area contributed by atoms with Crippen LogP contribution in [0.25, 0.3) is 0 Å². The molecule has 7 nitrogen and oxygen atoms in total. The summed E-state index contributed by atoms with van der Waals surface area (Å²) in [7, 11) is 0. The van der Waals surface area contributed by atoms with E-state index < -0.39 is 18.1 Å². The van der Waals surface area contributed by atoms with E-state index in [0.29, 0.717) is 0 Å². The predicted octanol–water partition coefficient (Wildman–Crippen LogP) is 0.622. The number of carbonyl (C=O) groups is 3. The summed E-state index contributed by atoms with van der Waals surface area (Å²) in [5, 5.41) is 2.28. The molecule has 0 aromatic carbocycles. The molecule has 0 aliphatic heterocycles. The minimum absolute atomic E-state index is 0.0239. The molecule has 3 N–H and O–H groups in total. The van der Waals surface area contributed by atoms with Gasteiger partial charge in [-0.1, -0.05) is 0 Å². The molecule has 0 aliphatic rings. The van der Waals surface area contributed by atoms with E-state index in [1.165, 1.54) is 0 Å². The molecule has 0 spiro atoms. The first-order chi connectivity index (χ1) is 9.16. The minimum Gasteiger partial charge on any atom is -0.452 e. The average molecular weight is 287 g/mol. The second-order valence-electron chi connectivity index (χ2n) is 5.11. The van der Waals surface area contributed by atoms with Crippen molar-refractivity contribution in [2.75, 3.05) is 6.54 Å². The van der Waals surface area contributed by atoms with Crippen molar-refractivity contribution >= 4 is 17.9 Å². The Morgan fingerprint density at radius 2 is 1.60 bits per heavy atom. The molecule has 7 heteroatoms. The molecule has 3 amide bonds. The number of hydrogen-bond donors (Lipinski definition) is 2. The summed E-state index contributed by atoms with van der Waals surface area (Å²) in [5.41, 5.74) is 4.87. The second-order valence-corrected chi connectivity index (χ2v) is 5.11. The van der Waals surface area contributed by atoms with Crippen LogP contribution in [0.4, 0.5) is 4.79 Å². The molecule has 0 aromatic rings. The number of hydrogen-bond acceptors (Lipinski definition) is 4. The van der Waals surface area contributed by atoms with Crippen molar-refractivity contribution in [2.45, 2.75) is 59.2 Å². The van der Waals surface area contributed by atoms with Gasteiger partial charge in [0.2, 0.25) is 0 Å². The van der Waals surface area contributed by atoms with Crippen LogP contribution in [0.1, 0.15) is 41.0 Å². The number of carbonyl (C=O) groups excluding carboxylic acids is 3. The Morgan fingerprint density at radius 3 is 2.00 bits per heavy atom. The van der Waals surface area contributed by atoms with Crippen molar-refractivity contribution < 1.29 is 19.1 Å². The maximum Gasteiger partial charge on any atom is 0.312 e. The first-order valence-electron chi connectivity index (χ1n) is 6.71. The average Bonchev–Trinajstić information content (AvgIpc) is 2.26. The van der Waals surface area contributed by atoms with E-state index >= 15 is 0 Å². The molecule has 0 aromatic heterocycles. The Balaban J connectivity index is 4.37. The zero-order valence-electron chi connectivity index (χ0n) is 12.8. The number of primary amides is 1. The SMILES string of the molecule is CC(C)N(C(=O)[C@@H](C)OC(=O)CCNC(N)=O)C(C)C. The first kappa shape index (κ1) is 18.2. The Labute approximate surface area is 119 Å². The van der Waals surface area contributed by atoms with Crippen LogP contribution in [0.5, 0.6) is 0 Å². The fraction of sp³-hybridized carbons (Fsp3) is 0.769. The van der Waals surface area contributed by atoms with Gasteiger partial charge in [-0.15, -0.1) is 0 Å². The number of nitrogens with one attached hydrogen (secondary N) is 1. The van der Waals surface area contributed by atoms with Gasteiger partial charge in [-0.25, -0.2) is 4.79 Å². The van der Waals surface area contributed by atoms with Gasteiger partial charge in [0.25, 0.3) is 5.91 Å². The van der Waals surface area contributed by atoms with Gasteiger partial charge in [0.15, 0.2) is 6.10 Å². The van der Waals surface area contributed by atoms with Crippen LogP contribution in [0.3, 0.4) is 0 Å². The highest BCUT2D eigenvalue weighted by molar-refractivity contribution is 5.84. The third-order valence-electron chi connectivity index (χ3n) is 2.65. The third kappa shape index (κ3) is 6.40. The molecule has 0 heterocycles. The number of ether oxygens (including phenoxy) is 1. The van der Waals surface area contributed by atoms with Crippen molar-refractivity contribution in [2.24, 2.45) is 5.73 Å². The number of rotatable bonds is 7. The molecule has 0 saturated carbocycles. The van der Waals surface area contributed by atoms with E-state index in [9.17, 15) is 14.4 Å². The minimum atomic E-state index is -0.846. The summed E-state index contributed by atoms with van der Waals surface area (Å²) in [4.78, 5) is 35.8. The largest absolute Gasteiger partial charge is 0.452 e. The first-order valence-corrected chi connectivity index (χ1v) is 6.71. The second kappa shape index (κ2) is 8.39. The predicted molar refractivity (Wildman–Crippen MR) is 74.9 cm³/mol. The van der Waals surface area contributed by atoms with E-state index in [1.54, 1.807) is 11.8 Å². The Morgan fingerprint density at radius 1 is 1.10 bits per heavy atom. The van der Waals surface area contributed by atoms with Crippen LogP contribution >= 0.6 is 0 Å². The molecule has 0 unspecified atom stereocenters. The highest BCUT2D eigenvalue weighted by Gasteiger charge is 2.27. The van der Waals surface area contributed by atoms with Gasteiger partial charge in [-0.3, -0.25) is 9.59 Å². The van der Waals surface area contributed by atoms with Gasteiger partial charge in [0.05, 0.1) is 6.42 Å².